The zero-order valence-electron chi connectivity index (χ0n) is 17.3. The molecule has 0 bridgehead atoms. The third-order valence-corrected chi connectivity index (χ3v) is 4.91. The maximum absolute atomic E-state index is 6.49. The third kappa shape index (κ3) is 9.69. The Morgan fingerprint density at radius 3 is 2.33 bits per heavy atom. The molecular formula is C21H29Cl5N2O2. The van der Waals surface area contributed by atoms with Gasteiger partial charge in [0.05, 0.1) is 11.6 Å². The van der Waals surface area contributed by atoms with Crippen LogP contribution in [0.4, 0.5) is 0 Å². The Morgan fingerprint density at radius 2 is 1.70 bits per heavy atom. The third-order valence-electron chi connectivity index (χ3n) is 4.04. The number of hydrogen-bond donors (Lipinski definition) is 1. The van der Waals surface area contributed by atoms with Crippen LogP contribution in [0.15, 0.2) is 30.3 Å². The largest absolute Gasteiger partial charge is 0.490 e. The zero-order valence-corrected chi connectivity index (χ0v) is 21.2. The van der Waals surface area contributed by atoms with E-state index in [1.807, 2.05) is 25.1 Å². The van der Waals surface area contributed by atoms with Crippen LogP contribution in [0.3, 0.4) is 0 Å². The Balaban J connectivity index is 0.00000420. The normalized spacial score (nSPS) is 10.4. The minimum atomic E-state index is 0. The summed E-state index contributed by atoms with van der Waals surface area (Å²) in [6.07, 6.45) is 1.09. The standard InChI is InChI=1S/C21H27Cl3N2O2.2ClH/c1-4-27-20-11-15(13-25-8-5-9-26(2)3)10-19(24)21(20)28-14-16-6-7-17(22)12-18(16)23;;/h6-7,10-12,25H,4-5,8-9,13-14H2,1-3H3;2*1H. The first-order valence-corrected chi connectivity index (χ1v) is 10.4. The maximum Gasteiger partial charge on any atom is 0.180 e. The van der Waals surface area contributed by atoms with Crippen LogP contribution in [0.25, 0.3) is 0 Å². The molecule has 0 saturated heterocycles. The summed E-state index contributed by atoms with van der Waals surface area (Å²) in [4.78, 5) is 2.17. The van der Waals surface area contributed by atoms with Crippen molar-refractivity contribution in [3.8, 4) is 11.5 Å². The second kappa shape index (κ2) is 15.3. The van der Waals surface area contributed by atoms with Gasteiger partial charge >= 0.3 is 0 Å². The van der Waals surface area contributed by atoms with Gasteiger partial charge in [-0.05, 0) is 70.4 Å². The van der Waals surface area contributed by atoms with E-state index in [-0.39, 0.29) is 31.4 Å². The molecule has 0 aliphatic heterocycles. The molecule has 0 heterocycles. The average molecular weight is 519 g/mol. The SMILES string of the molecule is CCOc1cc(CNCCCN(C)C)cc(Cl)c1OCc1ccc(Cl)cc1Cl.Cl.Cl. The van der Waals surface area contributed by atoms with Gasteiger partial charge in [-0.3, -0.25) is 0 Å². The van der Waals surface area contributed by atoms with E-state index in [1.54, 1.807) is 12.1 Å². The molecule has 4 nitrogen and oxygen atoms in total. The Bertz CT molecular complexity index is 775. The molecule has 30 heavy (non-hydrogen) atoms. The summed E-state index contributed by atoms with van der Waals surface area (Å²) >= 11 is 18.7. The van der Waals surface area contributed by atoms with Crippen molar-refractivity contribution in [1.29, 1.82) is 0 Å². The number of nitrogens with one attached hydrogen (secondary N) is 1. The van der Waals surface area contributed by atoms with Crippen LogP contribution in [-0.2, 0) is 13.2 Å². The molecule has 0 aliphatic rings. The summed E-state index contributed by atoms with van der Waals surface area (Å²) < 4.78 is 11.7. The lowest BCUT2D eigenvalue weighted by molar-refractivity contribution is 0.269. The summed E-state index contributed by atoms with van der Waals surface area (Å²) in [6.45, 7) is 5.44. The van der Waals surface area contributed by atoms with Crippen LogP contribution in [-0.4, -0.2) is 38.7 Å². The number of nitrogens with zero attached hydrogens (tertiary/aromatic N) is 1. The van der Waals surface area contributed by atoms with E-state index in [1.165, 1.54) is 0 Å². The first-order chi connectivity index (χ1) is 13.4. The lowest BCUT2D eigenvalue weighted by atomic mass is 10.2. The summed E-state index contributed by atoms with van der Waals surface area (Å²) in [5.74, 6) is 1.15. The fourth-order valence-corrected chi connectivity index (χ4v) is 3.42. The number of benzene rings is 2. The molecule has 2 rings (SSSR count). The highest BCUT2D eigenvalue weighted by atomic mass is 35.5. The second-order valence-electron chi connectivity index (χ2n) is 6.70. The van der Waals surface area contributed by atoms with Gasteiger partial charge in [-0.15, -0.1) is 24.8 Å². The highest BCUT2D eigenvalue weighted by Crippen LogP contribution is 2.37. The van der Waals surface area contributed by atoms with Gasteiger partial charge in [0.2, 0.25) is 0 Å². The monoisotopic (exact) mass is 516 g/mol. The molecule has 2 aromatic rings. The molecule has 0 aliphatic carbocycles. The van der Waals surface area contributed by atoms with Gasteiger partial charge in [-0.2, -0.15) is 0 Å². The van der Waals surface area contributed by atoms with Gasteiger partial charge < -0.3 is 19.7 Å². The van der Waals surface area contributed by atoms with Gasteiger partial charge in [0.15, 0.2) is 11.5 Å². The molecule has 9 heteroatoms. The van der Waals surface area contributed by atoms with Crippen molar-refractivity contribution in [3.05, 3.63) is 56.5 Å². The van der Waals surface area contributed by atoms with Crippen molar-refractivity contribution in [2.75, 3.05) is 33.8 Å². The fourth-order valence-electron chi connectivity index (χ4n) is 2.67. The summed E-state index contributed by atoms with van der Waals surface area (Å²) in [5.41, 5.74) is 1.88. The molecule has 0 amide bonds. The minimum Gasteiger partial charge on any atom is -0.490 e. The molecule has 1 N–H and O–H groups in total. The van der Waals surface area contributed by atoms with E-state index in [4.69, 9.17) is 44.3 Å². The van der Waals surface area contributed by atoms with Gasteiger partial charge in [0, 0.05) is 22.2 Å². The van der Waals surface area contributed by atoms with E-state index in [0.29, 0.717) is 33.2 Å². The Morgan fingerprint density at radius 1 is 0.967 bits per heavy atom. The Labute approximate surface area is 207 Å². The van der Waals surface area contributed by atoms with Crippen LogP contribution in [0, 0.1) is 0 Å². The van der Waals surface area contributed by atoms with Gasteiger partial charge in [-0.25, -0.2) is 0 Å². The summed E-state index contributed by atoms with van der Waals surface area (Å²) in [6, 6.07) is 9.18. The summed E-state index contributed by atoms with van der Waals surface area (Å²) in [7, 11) is 4.15. The highest BCUT2D eigenvalue weighted by Gasteiger charge is 2.14. The van der Waals surface area contributed by atoms with E-state index in [0.717, 1.165) is 37.2 Å². The van der Waals surface area contributed by atoms with Crippen LogP contribution >= 0.6 is 59.6 Å². The van der Waals surface area contributed by atoms with Crippen LogP contribution < -0.4 is 14.8 Å². The molecule has 0 radical (unpaired) electrons. The molecular weight excluding hydrogens is 490 g/mol. The van der Waals surface area contributed by atoms with E-state index >= 15 is 0 Å². The predicted octanol–water partition coefficient (Wildman–Crippen LogP) is 6.51. The molecule has 2 aromatic carbocycles. The van der Waals surface area contributed by atoms with Crippen LogP contribution in [0.1, 0.15) is 24.5 Å². The van der Waals surface area contributed by atoms with Crippen molar-refractivity contribution in [2.24, 2.45) is 0 Å². The molecule has 170 valence electrons. The lowest BCUT2D eigenvalue weighted by Crippen LogP contribution is -2.21. The second-order valence-corrected chi connectivity index (χ2v) is 7.95. The zero-order chi connectivity index (χ0) is 20.5. The number of ether oxygens (including phenoxy) is 2. The molecule has 0 fully saturated rings. The van der Waals surface area contributed by atoms with E-state index in [9.17, 15) is 0 Å². The number of hydrogen-bond acceptors (Lipinski definition) is 4. The van der Waals surface area contributed by atoms with E-state index < -0.39 is 0 Å². The molecule has 0 spiro atoms. The van der Waals surface area contributed by atoms with E-state index in [2.05, 4.69) is 24.3 Å². The van der Waals surface area contributed by atoms with Crippen molar-refractivity contribution in [1.82, 2.24) is 10.2 Å². The first-order valence-electron chi connectivity index (χ1n) is 9.28. The van der Waals surface area contributed by atoms with Crippen molar-refractivity contribution < 1.29 is 9.47 Å². The van der Waals surface area contributed by atoms with Crippen molar-refractivity contribution in [3.63, 3.8) is 0 Å². The smallest absolute Gasteiger partial charge is 0.180 e. The van der Waals surface area contributed by atoms with Crippen LogP contribution in [0.2, 0.25) is 15.1 Å². The topological polar surface area (TPSA) is 33.7 Å². The number of halogens is 5. The van der Waals surface area contributed by atoms with Gasteiger partial charge in [0.25, 0.3) is 0 Å². The lowest BCUT2D eigenvalue weighted by Gasteiger charge is -2.16. The molecule has 0 atom stereocenters. The quantitative estimate of drug-likeness (QED) is 0.344. The fraction of sp³-hybridized carbons (Fsp3) is 0.429. The van der Waals surface area contributed by atoms with Gasteiger partial charge in [0.1, 0.15) is 6.61 Å². The van der Waals surface area contributed by atoms with Gasteiger partial charge in [-0.1, -0.05) is 40.9 Å². The maximum atomic E-state index is 6.49. The van der Waals surface area contributed by atoms with Crippen molar-refractivity contribution >= 4 is 59.6 Å². The van der Waals surface area contributed by atoms with Crippen LogP contribution in [0.5, 0.6) is 11.5 Å². The highest BCUT2D eigenvalue weighted by molar-refractivity contribution is 6.35. The molecule has 0 unspecified atom stereocenters. The molecule has 0 saturated carbocycles. The predicted molar refractivity (Wildman–Crippen MR) is 133 cm³/mol. The molecule has 0 aromatic heterocycles. The first kappa shape index (κ1) is 29.4. The van der Waals surface area contributed by atoms with Crippen molar-refractivity contribution in [2.45, 2.75) is 26.5 Å². The number of rotatable bonds is 11. The average Bonchev–Trinajstić information content (AvgIpc) is 2.62. The Hall–Kier alpha value is -0.590. The Kier molecular flexibility index (Phi) is 15.0. The summed E-state index contributed by atoms with van der Waals surface area (Å²) in [5, 5.41) is 5.09. The minimum absolute atomic E-state index is 0.